The van der Waals surface area contributed by atoms with Gasteiger partial charge in [0.2, 0.25) is 0 Å². The SMILES string of the molecule is O=C/C=C/c1cc(-c2ccccn2)cs1. The van der Waals surface area contributed by atoms with Gasteiger partial charge in [-0.1, -0.05) is 6.07 Å². The highest BCUT2D eigenvalue weighted by Gasteiger charge is 2.00. The van der Waals surface area contributed by atoms with Crippen LogP contribution < -0.4 is 0 Å². The average Bonchev–Trinajstić information content (AvgIpc) is 2.76. The van der Waals surface area contributed by atoms with E-state index in [1.54, 1.807) is 23.6 Å². The van der Waals surface area contributed by atoms with Gasteiger partial charge in [-0.25, -0.2) is 0 Å². The van der Waals surface area contributed by atoms with Crippen LogP contribution in [-0.4, -0.2) is 11.3 Å². The quantitative estimate of drug-likeness (QED) is 0.582. The Morgan fingerprint density at radius 1 is 1.33 bits per heavy atom. The minimum atomic E-state index is 0.778. The van der Waals surface area contributed by atoms with E-state index in [1.165, 1.54) is 6.08 Å². The first-order valence-electron chi connectivity index (χ1n) is 4.52. The first kappa shape index (κ1) is 9.80. The Balaban J connectivity index is 2.28. The molecule has 0 aromatic carbocycles. The minimum Gasteiger partial charge on any atom is -0.299 e. The summed E-state index contributed by atoms with van der Waals surface area (Å²) in [5, 5.41) is 2.03. The van der Waals surface area contributed by atoms with Crippen molar-refractivity contribution in [2.45, 2.75) is 0 Å². The third-order valence-electron chi connectivity index (χ3n) is 1.92. The van der Waals surface area contributed by atoms with Gasteiger partial charge in [-0.05, 0) is 30.4 Å². The molecule has 0 fully saturated rings. The number of aldehydes is 1. The highest BCUT2D eigenvalue weighted by atomic mass is 32.1. The molecule has 2 aromatic heterocycles. The van der Waals surface area contributed by atoms with Gasteiger partial charge in [-0.15, -0.1) is 11.3 Å². The second-order valence-electron chi connectivity index (χ2n) is 2.95. The fourth-order valence-electron chi connectivity index (χ4n) is 1.24. The molecule has 0 unspecified atom stereocenters. The number of thiophene rings is 1. The number of rotatable bonds is 3. The lowest BCUT2D eigenvalue weighted by atomic mass is 10.2. The predicted molar refractivity (Wildman–Crippen MR) is 62.6 cm³/mol. The van der Waals surface area contributed by atoms with Crippen LogP contribution >= 0.6 is 11.3 Å². The molecule has 2 rings (SSSR count). The summed E-state index contributed by atoms with van der Waals surface area (Å²) in [5.41, 5.74) is 2.05. The molecule has 0 spiro atoms. The summed E-state index contributed by atoms with van der Waals surface area (Å²) >= 11 is 1.60. The monoisotopic (exact) mass is 215 g/mol. The molecule has 3 heteroatoms. The van der Waals surface area contributed by atoms with E-state index in [2.05, 4.69) is 4.98 Å². The van der Waals surface area contributed by atoms with Gasteiger partial charge >= 0.3 is 0 Å². The first-order valence-corrected chi connectivity index (χ1v) is 5.40. The van der Waals surface area contributed by atoms with Crippen molar-refractivity contribution in [3.05, 3.63) is 46.8 Å². The zero-order chi connectivity index (χ0) is 10.5. The Bertz CT molecular complexity index is 473. The lowest BCUT2D eigenvalue weighted by molar-refractivity contribution is -0.104. The van der Waals surface area contributed by atoms with Crippen LogP contribution in [0, 0.1) is 0 Å². The molecule has 0 amide bonds. The number of allylic oxidation sites excluding steroid dienone is 1. The van der Waals surface area contributed by atoms with Crippen LogP contribution in [-0.2, 0) is 4.79 Å². The summed E-state index contributed by atoms with van der Waals surface area (Å²) in [5.74, 6) is 0. The molecule has 0 aliphatic carbocycles. The lowest BCUT2D eigenvalue weighted by Gasteiger charge is -1.93. The van der Waals surface area contributed by atoms with E-state index in [4.69, 9.17) is 0 Å². The third-order valence-corrected chi connectivity index (χ3v) is 2.82. The molecule has 0 saturated heterocycles. The fraction of sp³-hybridized carbons (Fsp3) is 0. The van der Waals surface area contributed by atoms with Gasteiger partial charge in [0.25, 0.3) is 0 Å². The highest BCUT2D eigenvalue weighted by molar-refractivity contribution is 7.11. The van der Waals surface area contributed by atoms with Crippen LogP contribution in [0.2, 0.25) is 0 Å². The maximum Gasteiger partial charge on any atom is 0.142 e. The molecule has 15 heavy (non-hydrogen) atoms. The normalized spacial score (nSPS) is 10.7. The number of pyridine rings is 1. The van der Waals surface area contributed by atoms with Crippen molar-refractivity contribution in [3.8, 4) is 11.3 Å². The van der Waals surface area contributed by atoms with E-state index < -0.39 is 0 Å². The van der Waals surface area contributed by atoms with Crippen molar-refractivity contribution in [2.75, 3.05) is 0 Å². The van der Waals surface area contributed by atoms with E-state index in [0.29, 0.717) is 0 Å². The second-order valence-corrected chi connectivity index (χ2v) is 3.89. The van der Waals surface area contributed by atoms with Crippen LogP contribution in [0.5, 0.6) is 0 Å². The maximum absolute atomic E-state index is 10.2. The van der Waals surface area contributed by atoms with Crippen LogP contribution in [0.3, 0.4) is 0 Å². The molecule has 74 valence electrons. The number of carbonyl (C=O) groups is 1. The molecule has 2 heterocycles. The molecule has 2 nitrogen and oxygen atoms in total. The molecule has 0 radical (unpaired) electrons. The van der Waals surface area contributed by atoms with E-state index in [-0.39, 0.29) is 0 Å². The van der Waals surface area contributed by atoms with E-state index in [1.807, 2.05) is 29.6 Å². The molecule has 2 aromatic rings. The highest BCUT2D eigenvalue weighted by Crippen LogP contribution is 2.24. The zero-order valence-corrected chi connectivity index (χ0v) is 8.78. The van der Waals surface area contributed by atoms with Crippen LogP contribution in [0.25, 0.3) is 17.3 Å². The minimum absolute atomic E-state index is 0.778. The number of carbonyl (C=O) groups excluding carboxylic acids is 1. The van der Waals surface area contributed by atoms with Gasteiger partial charge in [0.15, 0.2) is 0 Å². The molecule has 0 aliphatic heterocycles. The maximum atomic E-state index is 10.2. The summed E-state index contributed by atoms with van der Waals surface area (Å²) in [6.07, 6.45) is 5.84. The molecule has 0 saturated carbocycles. The topological polar surface area (TPSA) is 30.0 Å². The molecular formula is C12H9NOS. The van der Waals surface area contributed by atoms with Gasteiger partial charge in [0.05, 0.1) is 5.69 Å². The van der Waals surface area contributed by atoms with Gasteiger partial charge in [-0.2, -0.15) is 0 Å². The van der Waals surface area contributed by atoms with Crippen molar-refractivity contribution in [1.29, 1.82) is 0 Å². The second kappa shape index (κ2) is 4.66. The van der Waals surface area contributed by atoms with Crippen LogP contribution in [0.4, 0.5) is 0 Å². The fourth-order valence-corrected chi connectivity index (χ4v) is 2.05. The standard InChI is InChI=1S/C12H9NOS/c14-7-3-4-11-8-10(9-15-11)12-5-1-2-6-13-12/h1-9H/b4-3+. The largest absolute Gasteiger partial charge is 0.299 e. The van der Waals surface area contributed by atoms with Gasteiger partial charge in [-0.3, -0.25) is 9.78 Å². The van der Waals surface area contributed by atoms with E-state index >= 15 is 0 Å². The van der Waals surface area contributed by atoms with Crippen molar-refractivity contribution < 1.29 is 4.79 Å². The zero-order valence-electron chi connectivity index (χ0n) is 7.96. The van der Waals surface area contributed by atoms with Gasteiger partial charge in [0, 0.05) is 22.0 Å². The van der Waals surface area contributed by atoms with Crippen molar-refractivity contribution >= 4 is 23.7 Å². The summed E-state index contributed by atoms with van der Waals surface area (Å²) in [6, 6.07) is 7.84. The predicted octanol–water partition coefficient (Wildman–Crippen LogP) is 3.02. The Morgan fingerprint density at radius 3 is 3.00 bits per heavy atom. The van der Waals surface area contributed by atoms with Crippen LogP contribution in [0.15, 0.2) is 41.9 Å². The van der Waals surface area contributed by atoms with Crippen molar-refractivity contribution in [1.82, 2.24) is 4.98 Å². The molecule has 0 bridgehead atoms. The number of aromatic nitrogens is 1. The molecule has 0 N–H and O–H groups in total. The van der Waals surface area contributed by atoms with Crippen LogP contribution in [0.1, 0.15) is 4.88 Å². The number of hydrogen-bond donors (Lipinski definition) is 0. The van der Waals surface area contributed by atoms with E-state index in [9.17, 15) is 4.79 Å². The molecule has 0 aliphatic rings. The smallest absolute Gasteiger partial charge is 0.142 e. The van der Waals surface area contributed by atoms with E-state index in [0.717, 1.165) is 22.4 Å². The number of nitrogens with zero attached hydrogens (tertiary/aromatic N) is 1. The van der Waals surface area contributed by atoms with Gasteiger partial charge in [0.1, 0.15) is 6.29 Å². The summed E-state index contributed by atoms with van der Waals surface area (Å²) < 4.78 is 0. The Labute approximate surface area is 91.9 Å². The third kappa shape index (κ3) is 2.39. The van der Waals surface area contributed by atoms with Gasteiger partial charge < -0.3 is 0 Å². The lowest BCUT2D eigenvalue weighted by Crippen LogP contribution is -1.77. The average molecular weight is 215 g/mol. The first-order chi connectivity index (χ1) is 7.40. The summed E-state index contributed by atoms with van der Waals surface area (Å²) in [4.78, 5) is 15.5. The number of hydrogen-bond acceptors (Lipinski definition) is 3. The Morgan fingerprint density at radius 2 is 2.27 bits per heavy atom. The van der Waals surface area contributed by atoms with Crippen molar-refractivity contribution in [2.24, 2.45) is 0 Å². The Hall–Kier alpha value is -1.74. The summed E-state index contributed by atoms with van der Waals surface area (Å²) in [7, 11) is 0. The summed E-state index contributed by atoms with van der Waals surface area (Å²) in [6.45, 7) is 0. The Kier molecular flexibility index (Phi) is 3.05. The molecule has 0 atom stereocenters. The van der Waals surface area contributed by atoms with Crippen molar-refractivity contribution in [3.63, 3.8) is 0 Å². The molecular weight excluding hydrogens is 206 g/mol.